The van der Waals surface area contributed by atoms with Crippen LogP contribution in [0.15, 0.2) is 12.4 Å². The average molecular weight is 261 g/mol. The lowest BCUT2D eigenvalue weighted by Gasteiger charge is -2.28. The summed E-state index contributed by atoms with van der Waals surface area (Å²) in [6.07, 6.45) is 5.08. The summed E-state index contributed by atoms with van der Waals surface area (Å²) in [5, 5.41) is 1.10. The molecule has 1 atom stereocenters. The van der Waals surface area contributed by atoms with Crippen molar-refractivity contribution in [1.29, 1.82) is 0 Å². The summed E-state index contributed by atoms with van der Waals surface area (Å²) in [7, 11) is 0. The minimum atomic E-state index is -0.133. The van der Waals surface area contributed by atoms with Gasteiger partial charge >= 0.3 is 0 Å². The van der Waals surface area contributed by atoms with E-state index in [1.54, 1.807) is 12.4 Å². The zero-order valence-corrected chi connectivity index (χ0v) is 10.3. The maximum Gasteiger partial charge on any atom is 0.0652 e. The molecule has 1 aromatic heterocycles. The molecule has 2 N–H and O–H groups in total. The molecule has 2 heterocycles. The first-order valence-corrected chi connectivity index (χ1v) is 6.08. The molecule has 88 valence electrons. The smallest absolute Gasteiger partial charge is 0.0652 e. The van der Waals surface area contributed by atoms with Crippen LogP contribution < -0.4 is 5.73 Å². The number of hydrogen-bond acceptors (Lipinski definition) is 3. The average Bonchev–Trinajstić information content (AvgIpc) is 2.30. The van der Waals surface area contributed by atoms with Crippen molar-refractivity contribution in [3.63, 3.8) is 0 Å². The second-order valence-electron chi connectivity index (χ2n) is 3.99. The molecular formula is C11H14Cl2N2O. The van der Waals surface area contributed by atoms with Gasteiger partial charge < -0.3 is 10.5 Å². The van der Waals surface area contributed by atoms with E-state index in [2.05, 4.69) is 4.98 Å². The van der Waals surface area contributed by atoms with E-state index < -0.39 is 0 Å². The zero-order valence-electron chi connectivity index (χ0n) is 8.83. The van der Waals surface area contributed by atoms with Gasteiger partial charge in [-0.05, 0) is 18.8 Å². The molecule has 3 nitrogen and oxygen atoms in total. The lowest BCUT2D eigenvalue weighted by Crippen LogP contribution is -2.28. The number of nitrogens with two attached hydrogens (primary N) is 1. The van der Waals surface area contributed by atoms with Crippen LogP contribution in [0.2, 0.25) is 10.0 Å². The number of hydrogen-bond donors (Lipinski definition) is 1. The van der Waals surface area contributed by atoms with Crippen molar-refractivity contribution in [2.45, 2.75) is 18.9 Å². The number of ether oxygens (including phenoxy) is 1. The molecule has 1 aliphatic rings. The largest absolute Gasteiger partial charge is 0.381 e. The predicted octanol–water partition coefficient (Wildman–Crippen LogP) is 2.81. The first-order valence-electron chi connectivity index (χ1n) is 5.32. The summed E-state index contributed by atoms with van der Waals surface area (Å²) in [5.41, 5.74) is 7.03. The second-order valence-corrected chi connectivity index (χ2v) is 4.81. The van der Waals surface area contributed by atoms with Gasteiger partial charge in [-0.1, -0.05) is 23.2 Å². The van der Waals surface area contributed by atoms with Gasteiger partial charge in [0.15, 0.2) is 0 Å². The summed E-state index contributed by atoms with van der Waals surface area (Å²) in [4.78, 5) is 3.93. The molecule has 0 radical (unpaired) electrons. The molecule has 0 aliphatic carbocycles. The van der Waals surface area contributed by atoms with Crippen LogP contribution in [-0.2, 0) is 4.74 Å². The third-order valence-electron chi connectivity index (χ3n) is 3.00. The lowest BCUT2D eigenvalue weighted by molar-refractivity contribution is 0.0584. The summed E-state index contributed by atoms with van der Waals surface area (Å²) in [5.74, 6) is 0.381. The van der Waals surface area contributed by atoms with Crippen LogP contribution in [0.3, 0.4) is 0 Å². The van der Waals surface area contributed by atoms with E-state index in [1.165, 1.54) is 0 Å². The summed E-state index contributed by atoms with van der Waals surface area (Å²) in [6.45, 7) is 1.53. The Balaban J connectivity index is 2.22. The Bertz CT molecular complexity index is 347. The van der Waals surface area contributed by atoms with Gasteiger partial charge in [0, 0.05) is 37.2 Å². The van der Waals surface area contributed by atoms with Gasteiger partial charge in [0.2, 0.25) is 0 Å². The summed E-state index contributed by atoms with van der Waals surface area (Å²) < 4.78 is 5.31. The fourth-order valence-corrected chi connectivity index (χ4v) is 2.67. The normalized spacial score (nSPS) is 19.7. The van der Waals surface area contributed by atoms with E-state index in [-0.39, 0.29) is 6.04 Å². The molecule has 0 unspecified atom stereocenters. The van der Waals surface area contributed by atoms with Gasteiger partial charge in [0.25, 0.3) is 0 Å². The Morgan fingerprint density at radius 2 is 1.81 bits per heavy atom. The van der Waals surface area contributed by atoms with Crippen LogP contribution in [0.4, 0.5) is 0 Å². The highest BCUT2D eigenvalue weighted by atomic mass is 35.5. The topological polar surface area (TPSA) is 48.1 Å². The molecule has 0 amide bonds. The van der Waals surface area contributed by atoms with Crippen molar-refractivity contribution in [2.75, 3.05) is 13.2 Å². The van der Waals surface area contributed by atoms with Crippen LogP contribution in [-0.4, -0.2) is 18.2 Å². The molecule has 1 aromatic rings. The van der Waals surface area contributed by atoms with Gasteiger partial charge in [0.1, 0.15) is 0 Å². The van der Waals surface area contributed by atoms with Gasteiger partial charge in [-0.3, -0.25) is 4.98 Å². The number of pyridine rings is 1. The van der Waals surface area contributed by atoms with Crippen molar-refractivity contribution < 1.29 is 4.74 Å². The van der Waals surface area contributed by atoms with Crippen molar-refractivity contribution in [2.24, 2.45) is 11.7 Å². The maximum atomic E-state index is 6.22. The molecular weight excluding hydrogens is 247 g/mol. The van der Waals surface area contributed by atoms with E-state index in [9.17, 15) is 0 Å². The summed E-state index contributed by atoms with van der Waals surface area (Å²) >= 11 is 12.2. The molecule has 1 fully saturated rings. The fraction of sp³-hybridized carbons (Fsp3) is 0.545. The minimum absolute atomic E-state index is 0.133. The Morgan fingerprint density at radius 1 is 1.25 bits per heavy atom. The zero-order chi connectivity index (χ0) is 11.5. The van der Waals surface area contributed by atoms with Gasteiger partial charge in [-0.25, -0.2) is 0 Å². The molecule has 1 saturated heterocycles. The lowest BCUT2D eigenvalue weighted by atomic mass is 9.88. The molecule has 2 rings (SSSR count). The van der Waals surface area contributed by atoms with E-state index in [0.717, 1.165) is 31.6 Å². The molecule has 0 saturated carbocycles. The first-order chi connectivity index (χ1) is 7.70. The van der Waals surface area contributed by atoms with Crippen LogP contribution >= 0.6 is 23.2 Å². The Labute approximate surface area is 105 Å². The monoisotopic (exact) mass is 260 g/mol. The number of nitrogens with zero attached hydrogens (tertiary/aromatic N) is 1. The van der Waals surface area contributed by atoms with E-state index in [0.29, 0.717) is 16.0 Å². The van der Waals surface area contributed by atoms with E-state index >= 15 is 0 Å². The molecule has 0 spiro atoms. The molecule has 0 aromatic carbocycles. The SMILES string of the molecule is N[C@H](c1c(Cl)cncc1Cl)C1CCOCC1. The standard InChI is InChI=1S/C11H14Cl2N2O/c12-8-5-15-6-9(13)10(8)11(14)7-1-3-16-4-2-7/h5-7,11H,1-4,14H2/t11-/m0/s1. The third kappa shape index (κ3) is 2.48. The molecule has 1 aliphatic heterocycles. The van der Waals surface area contributed by atoms with Crippen LogP contribution in [0.25, 0.3) is 0 Å². The molecule has 16 heavy (non-hydrogen) atoms. The van der Waals surface area contributed by atoms with Gasteiger partial charge in [0.05, 0.1) is 10.0 Å². The maximum absolute atomic E-state index is 6.22. The highest BCUT2D eigenvalue weighted by Gasteiger charge is 2.25. The fourth-order valence-electron chi connectivity index (χ4n) is 2.05. The highest BCUT2D eigenvalue weighted by Crippen LogP contribution is 2.35. The first kappa shape index (κ1) is 12.1. The van der Waals surface area contributed by atoms with Crippen molar-refractivity contribution in [1.82, 2.24) is 4.98 Å². The van der Waals surface area contributed by atoms with Crippen molar-refractivity contribution in [3.05, 3.63) is 28.0 Å². The van der Waals surface area contributed by atoms with E-state index in [4.69, 9.17) is 33.7 Å². The summed E-state index contributed by atoms with van der Waals surface area (Å²) in [6, 6.07) is -0.133. The van der Waals surface area contributed by atoms with Crippen LogP contribution in [0, 0.1) is 5.92 Å². The highest BCUT2D eigenvalue weighted by molar-refractivity contribution is 6.35. The Morgan fingerprint density at radius 3 is 2.38 bits per heavy atom. The second kappa shape index (κ2) is 5.32. The van der Waals surface area contributed by atoms with E-state index in [1.807, 2.05) is 0 Å². The van der Waals surface area contributed by atoms with Crippen molar-refractivity contribution in [3.8, 4) is 0 Å². The molecule has 0 bridgehead atoms. The Hall–Kier alpha value is -0.350. The van der Waals surface area contributed by atoms with Crippen LogP contribution in [0.5, 0.6) is 0 Å². The number of aromatic nitrogens is 1. The number of rotatable bonds is 2. The Kier molecular flexibility index (Phi) is 4.03. The van der Waals surface area contributed by atoms with Crippen LogP contribution in [0.1, 0.15) is 24.4 Å². The minimum Gasteiger partial charge on any atom is -0.381 e. The molecule has 5 heteroatoms. The quantitative estimate of drug-likeness (QED) is 0.890. The third-order valence-corrected chi connectivity index (χ3v) is 3.60. The van der Waals surface area contributed by atoms with Gasteiger partial charge in [-0.15, -0.1) is 0 Å². The number of halogens is 2. The van der Waals surface area contributed by atoms with Gasteiger partial charge in [-0.2, -0.15) is 0 Å². The van der Waals surface area contributed by atoms with Crippen molar-refractivity contribution >= 4 is 23.2 Å². The predicted molar refractivity (Wildman–Crippen MR) is 64.7 cm³/mol.